The molecule has 5 nitrogen and oxygen atoms in total. The molecular weight excluding hydrogens is 343 g/mol. The second kappa shape index (κ2) is 6.17. The number of ketones is 1. The molecule has 0 spiro atoms. The quantitative estimate of drug-likeness (QED) is 0.790. The molecule has 0 saturated carbocycles. The van der Waals surface area contributed by atoms with Crippen LogP contribution in [0.4, 0.5) is 4.39 Å². The van der Waals surface area contributed by atoms with Crippen molar-refractivity contribution in [1.82, 2.24) is 9.55 Å². The molecule has 0 N–H and O–H groups in total. The van der Waals surface area contributed by atoms with Crippen LogP contribution in [0.25, 0.3) is 0 Å². The Morgan fingerprint density at radius 3 is 2.86 bits per heavy atom. The van der Waals surface area contributed by atoms with E-state index >= 15 is 0 Å². The van der Waals surface area contributed by atoms with Crippen LogP contribution in [-0.2, 0) is 6.54 Å². The zero-order chi connectivity index (χ0) is 15.6. The minimum Gasteiger partial charge on any atom is -0.496 e. The minimum atomic E-state index is -0.546. The van der Waals surface area contributed by atoms with Crippen LogP contribution in [0.1, 0.15) is 16.2 Å². The maximum absolute atomic E-state index is 13.3. The van der Waals surface area contributed by atoms with Gasteiger partial charge in [-0.2, -0.15) is 0 Å². The van der Waals surface area contributed by atoms with Crippen LogP contribution < -0.4 is 10.3 Å². The van der Waals surface area contributed by atoms with Gasteiger partial charge in [-0.05, 0) is 41.1 Å². The lowest BCUT2D eigenvalue weighted by Crippen LogP contribution is -2.27. The first-order valence-corrected chi connectivity index (χ1v) is 6.82. The number of benzene rings is 1. The van der Waals surface area contributed by atoms with Crippen molar-refractivity contribution in [3.05, 3.63) is 56.4 Å². The summed E-state index contributed by atoms with van der Waals surface area (Å²) in [4.78, 5) is 28.3. The van der Waals surface area contributed by atoms with Crippen LogP contribution in [0.15, 0.2) is 33.7 Å². The van der Waals surface area contributed by atoms with Crippen molar-refractivity contribution in [2.24, 2.45) is 0 Å². The lowest BCUT2D eigenvalue weighted by Gasteiger charge is -2.11. The highest BCUT2D eigenvalue weighted by atomic mass is 79.9. The van der Waals surface area contributed by atoms with Gasteiger partial charge in [0, 0.05) is 6.20 Å². The molecule has 0 aliphatic heterocycles. The summed E-state index contributed by atoms with van der Waals surface area (Å²) < 4.78 is 19.8. The van der Waals surface area contributed by atoms with E-state index in [0.29, 0.717) is 5.82 Å². The van der Waals surface area contributed by atoms with E-state index in [9.17, 15) is 14.0 Å². The van der Waals surface area contributed by atoms with E-state index in [1.807, 2.05) is 0 Å². The molecule has 0 amide bonds. The van der Waals surface area contributed by atoms with Crippen molar-refractivity contribution >= 4 is 21.7 Å². The normalized spacial score (nSPS) is 10.5. The fourth-order valence-electron chi connectivity index (χ4n) is 1.86. The van der Waals surface area contributed by atoms with E-state index in [4.69, 9.17) is 4.74 Å². The van der Waals surface area contributed by atoms with Gasteiger partial charge < -0.3 is 4.74 Å². The summed E-state index contributed by atoms with van der Waals surface area (Å²) in [7, 11) is 1.39. The Hall–Kier alpha value is -2.02. The van der Waals surface area contributed by atoms with Gasteiger partial charge in [-0.25, -0.2) is 9.37 Å². The van der Waals surface area contributed by atoms with Crippen LogP contribution in [-0.4, -0.2) is 22.4 Å². The van der Waals surface area contributed by atoms with Crippen molar-refractivity contribution in [1.29, 1.82) is 0 Å². The Bertz CT molecular complexity index is 758. The molecule has 21 heavy (non-hydrogen) atoms. The van der Waals surface area contributed by atoms with Gasteiger partial charge in [-0.1, -0.05) is 0 Å². The molecule has 0 aliphatic carbocycles. The molecule has 2 aromatic rings. The Labute approximate surface area is 128 Å². The third kappa shape index (κ3) is 3.18. The Kier molecular flexibility index (Phi) is 4.52. The van der Waals surface area contributed by atoms with Gasteiger partial charge in [0.1, 0.15) is 21.9 Å². The van der Waals surface area contributed by atoms with Gasteiger partial charge in [-0.15, -0.1) is 0 Å². The zero-order valence-electron chi connectivity index (χ0n) is 11.4. The smallest absolute Gasteiger partial charge is 0.268 e. The monoisotopic (exact) mass is 354 g/mol. The molecule has 0 bridgehead atoms. The number of halogens is 2. The average molecular weight is 355 g/mol. The van der Waals surface area contributed by atoms with Gasteiger partial charge in [0.05, 0.1) is 19.2 Å². The third-order valence-electron chi connectivity index (χ3n) is 2.97. The molecule has 2 rings (SSSR count). The second-order valence-corrected chi connectivity index (χ2v) is 5.17. The predicted octanol–water partition coefficient (Wildman–Crippen LogP) is 2.34. The van der Waals surface area contributed by atoms with Gasteiger partial charge in [0.25, 0.3) is 5.56 Å². The van der Waals surface area contributed by atoms with Gasteiger partial charge in [0.15, 0.2) is 5.78 Å². The number of aromatic nitrogens is 2. The number of carbonyl (C=O) groups excluding carboxylic acids is 1. The van der Waals surface area contributed by atoms with Gasteiger partial charge >= 0.3 is 0 Å². The van der Waals surface area contributed by atoms with E-state index in [2.05, 4.69) is 20.9 Å². The number of Topliss-reactive ketones (excluding diaryl/α,β-unsaturated/α-hetero) is 1. The van der Waals surface area contributed by atoms with E-state index < -0.39 is 11.6 Å². The van der Waals surface area contributed by atoms with E-state index in [-0.39, 0.29) is 27.9 Å². The molecule has 110 valence electrons. The predicted molar refractivity (Wildman–Crippen MR) is 78.2 cm³/mol. The lowest BCUT2D eigenvalue weighted by molar-refractivity contribution is 0.0966. The standard InChI is InChI=1S/C14H12BrFN2O3/c1-8-17-6-11(15)14(20)18(8)7-12(19)10-5-9(16)3-4-13(10)21-2/h3-6H,7H2,1-2H3. The largest absolute Gasteiger partial charge is 0.496 e. The number of aryl methyl sites for hydroxylation is 1. The molecule has 0 radical (unpaired) electrons. The van der Waals surface area contributed by atoms with Crippen LogP contribution >= 0.6 is 15.9 Å². The average Bonchev–Trinajstić information content (AvgIpc) is 2.47. The number of methoxy groups -OCH3 is 1. The maximum Gasteiger partial charge on any atom is 0.268 e. The molecule has 1 heterocycles. The van der Waals surface area contributed by atoms with Crippen molar-refractivity contribution in [2.75, 3.05) is 7.11 Å². The van der Waals surface area contributed by atoms with Gasteiger partial charge in [0.2, 0.25) is 0 Å². The highest BCUT2D eigenvalue weighted by Gasteiger charge is 2.16. The summed E-state index contributed by atoms with van der Waals surface area (Å²) in [5.74, 6) is -0.325. The summed E-state index contributed by atoms with van der Waals surface area (Å²) in [6.45, 7) is 1.38. The Morgan fingerprint density at radius 1 is 1.48 bits per heavy atom. The van der Waals surface area contributed by atoms with E-state index in [1.165, 1.54) is 30.0 Å². The van der Waals surface area contributed by atoms with Crippen LogP contribution in [0.3, 0.4) is 0 Å². The molecule has 0 saturated heterocycles. The maximum atomic E-state index is 13.3. The first kappa shape index (κ1) is 15.4. The van der Waals surface area contributed by atoms with Crippen molar-refractivity contribution in [3.8, 4) is 5.75 Å². The number of rotatable bonds is 4. The molecule has 0 fully saturated rings. The van der Waals surface area contributed by atoms with Crippen molar-refractivity contribution < 1.29 is 13.9 Å². The highest BCUT2D eigenvalue weighted by Crippen LogP contribution is 2.20. The van der Waals surface area contributed by atoms with Crippen molar-refractivity contribution in [3.63, 3.8) is 0 Å². The molecule has 0 unspecified atom stereocenters. The molecule has 1 aromatic carbocycles. The Morgan fingerprint density at radius 2 is 2.19 bits per heavy atom. The van der Waals surface area contributed by atoms with E-state index in [1.54, 1.807) is 6.92 Å². The van der Waals surface area contributed by atoms with Crippen molar-refractivity contribution in [2.45, 2.75) is 13.5 Å². The Balaban J connectivity index is 2.42. The minimum absolute atomic E-state index is 0.0868. The molecule has 1 aromatic heterocycles. The molecular formula is C14H12BrFN2O3. The van der Waals surface area contributed by atoms with Crippen LogP contribution in [0.2, 0.25) is 0 Å². The first-order valence-electron chi connectivity index (χ1n) is 6.02. The first-order chi connectivity index (χ1) is 9.93. The summed E-state index contributed by atoms with van der Waals surface area (Å²) in [5.41, 5.74) is -0.282. The van der Waals surface area contributed by atoms with Crippen LogP contribution in [0.5, 0.6) is 5.75 Å². The summed E-state index contributed by atoms with van der Waals surface area (Å²) in [6, 6.07) is 3.66. The highest BCUT2D eigenvalue weighted by molar-refractivity contribution is 9.10. The lowest BCUT2D eigenvalue weighted by atomic mass is 10.1. The van der Waals surface area contributed by atoms with E-state index in [0.717, 1.165) is 6.07 Å². The number of ether oxygens (including phenoxy) is 1. The molecule has 0 atom stereocenters. The SMILES string of the molecule is COc1ccc(F)cc1C(=O)Cn1c(C)ncc(Br)c1=O. The number of carbonyl (C=O) groups is 1. The fraction of sp³-hybridized carbons (Fsp3) is 0.214. The zero-order valence-corrected chi connectivity index (χ0v) is 13.0. The summed E-state index contributed by atoms with van der Waals surface area (Å²) in [5, 5.41) is 0. The third-order valence-corrected chi connectivity index (χ3v) is 3.51. The fourth-order valence-corrected chi connectivity index (χ4v) is 2.18. The van der Waals surface area contributed by atoms with Gasteiger partial charge in [-0.3, -0.25) is 14.2 Å². The number of hydrogen-bond donors (Lipinski definition) is 0. The van der Waals surface area contributed by atoms with Crippen LogP contribution in [0, 0.1) is 12.7 Å². The second-order valence-electron chi connectivity index (χ2n) is 4.31. The topological polar surface area (TPSA) is 61.2 Å². The number of nitrogens with zero attached hydrogens (tertiary/aromatic N) is 2. The summed E-state index contributed by atoms with van der Waals surface area (Å²) in [6.07, 6.45) is 1.38. The molecule has 7 heteroatoms. The number of hydrogen-bond acceptors (Lipinski definition) is 4. The summed E-state index contributed by atoms with van der Waals surface area (Å²) >= 11 is 3.07. The molecule has 0 aliphatic rings.